The van der Waals surface area contributed by atoms with Gasteiger partial charge in [-0.3, -0.25) is 4.90 Å². The van der Waals surface area contributed by atoms with Crippen LogP contribution in [0, 0.1) is 0 Å². The topological polar surface area (TPSA) is 38.8 Å². The van der Waals surface area contributed by atoms with Crippen LogP contribution in [0.25, 0.3) is 11.1 Å². The number of halogens is 3. The van der Waals surface area contributed by atoms with Gasteiger partial charge in [-0.05, 0) is 66.0 Å². The second-order valence-corrected chi connectivity index (χ2v) is 10.2. The molecule has 0 aromatic heterocycles. The maximum absolute atomic E-state index is 13.4. The maximum Gasteiger partial charge on any atom is 0.573 e. The van der Waals surface area contributed by atoms with Gasteiger partial charge in [-0.15, -0.1) is 13.2 Å². The number of rotatable bonds is 5. The minimum Gasteiger partial charge on any atom is -0.448 e. The van der Waals surface area contributed by atoms with Gasteiger partial charge in [-0.1, -0.05) is 78.4 Å². The van der Waals surface area contributed by atoms with Crippen molar-refractivity contribution in [3.8, 4) is 16.9 Å². The highest BCUT2D eigenvalue weighted by atomic mass is 19.4. The number of hydrogen-bond donors (Lipinski definition) is 0. The molecule has 1 amide bonds. The monoisotopic (exact) mass is 519 g/mol. The van der Waals surface area contributed by atoms with Crippen LogP contribution in [0.15, 0.2) is 84.4 Å². The van der Waals surface area contributed by atoms with Crippen molar-refractivity contribution in [2.24, 2.45) is 0 Å². The number of carbonyl (C=O) groups is 1. The first-order valence-corrected chi connectivity index (χ1v) is 13.0. The van der Waals surface area contributed by atoms with Crippen LogP contribution in [0.1, 0.15) is 48.3 Å². The lowest BCUT2D eigenvalue weighted by molar-refractivity contribution is -0.274. The van der Waals surface area contributed by atoms with Gasteiger partial charge < -0.3 is 9.47 Å². The third-order valence-corrected chi connectivity index (χ3v) is 7.88. The first-order valence-electron chi connectivity index (χ1n) is 13.0. The highest BCUT2D eigenvalue weighted by molar-refractivity contribution is 5.79. The Morgan fingerprint density at radius 1 is 0.895 bits per heavy atom. The second kappa shape index (κ2) is 9.86. The normalized spacial score (nSPS) is 20.4. The summed E-state index contributed by atoms with van der Waals surface area (Å²) in [5.74, 6) is -0.183. The van der Waals surface area contributed by atoms with Gasteiger partial charge in [0.1, 0.15) is 12.4 Å². The van der Waals surface area contributed by atoms with E-state index >= 15 is 0 Å². The highest BCUT2D eigenvalue weighted by Crippen LogP contribution is 2.45. The molecule has 0 N–H and O–H groups in total. The summed E-state index contributed by atoms with van der Waals surface area (Å²) < 4.78 is 48.8. The molecule has 2 heterocycles. The van der Waals surface area contributed by atoms with Crippen LogP contribution >= 0.6 is 0 Å². The molecule has 1 fully saturated rings. The summed E-state index contributed by atoms with van der Waals surface area (Å²) in [5, 5.41) is 0. The van der Waals surface area contributed by atoms with E-state index in [9.17, 15) is 18.0 Å². The fraction of sp³-hybridized carbons (Fsp3) is 0.323. The third kappa shape index (κ3) is 4.77. The molecule has 0 spiro atoms. The van der Waals surface area contributed by atoms with E-state index in [2.05, 4.69) is 29.0 Å². The van der Waals surface area contributed by atoms with E-state index in [1.54, 1.807) is 12.1 Å². The molecule has 2 aliphatic heterocycles. The number of piperidine rings is 1. The molecular formula is C31H28F3NO3. The fourth-order valence-corrected chi connectivity index (χ4v) is 6.32. The molecule has 1 aliphatic carbocycles. The van der Waals surface area contributed by atoms with Crippen molar-refractivity contribution >= 4 is 6.09 Å². The van der Waals surface area contributed by atoms with Gasteiger partial charge >= 0.3 is 12.5 Å². The van der Waals surface area contributed by atoms with E-state index < -0.39 is 6.36 Å². The molecule has 2 bridgehead atoms. The van der Waals surface area contributed by atoms with Gasteiger partial charge in [0.15, 0.2) is 0 Å². The van der Waals surface area contributed by atoms with E-state index in [-0.39, 0.29) is 36.5 Å². The van der Waals surface area contributed by atoms with Gasteiger partial charge in [0.2, 0.25) is 0 Å². The van der Waals surface area contributed by atoms with Crippen molar-refractivity contribution in [1.82, 2.24) is 4.90 Å². The number of amides is 1. The summed E-state index contributed by atoms with van der Waals surface area (Å²) in [6, 6.07) is 22.6. The molecule has 38 heavy (non-hydrogen) atoms. The lowest BCUT2D eigenvalue weighted by Gasteiger charge is -2.44. The molecule has 2 atom stereocenters. The number of para-hydroxylation sites is 1. The molecule has 0 radical (unpaired) electrons. The second-order valence-electron chi connectivity index (χ2n) is 10.2. The average molecular weight is 520 g/mol. The summed E-state index contributed by atoms with van der Waals surface area (Å²) in [6.45, 7) is 0.265. The number of ether oxygens (including phenoxy) is 2. The Morgan fingerprint density at radius 3 is 2.24 bits per heavy atom. The zero-order valence-corrected chi connectivity index (χ0v) is 20.8. The predicted octanol–water partition coefficient (Wildman–Crippen LogP) is 7.63. The van der Waals surface area contributed by atoms with Gasteiger partial charge in [0.25, 0.3) is 0 Å². The largest absolute Gasteiger partial charge is 0.573 e. The van der Waals surface area contributed by atoms with Crippen molar-refractivity contribution in [3.63, 3.8) is 0 Å². The summed E-state index contributed by atoms with van der Waals surface area (Å²) in [6.07, 6.45) is 0.607. The summed E-state index contributed by atoms with van der Waals surface area (Å²) in [7, 11) is 0. The summed E-state index contributed by atoms with van der Waals surface area (Å²) in [5.41, 5.74) is 6.22. The van der Waals surface area contributed by atoms with Crippen LogP contribution < -0.4 is 4.74 Å². The first kappa shape index (κ1) is 24.6. The Balaban J connectivity index is 1.17. The molecule has 0 saturated carbocycles. The molecule has 6 rings (SSSR count). The lowest BCUT2D eigenvalue weighted by atomic mass is 9.83. The lowest BCUT2D eigenvalue weighted by Crippen LogP contribution is -2.52. The molecule has 4 nitrogen and oxygen atoms in total. The van der Waals surface area contributed by atoms with E-state index in [0.29, 0.717) is 18.4 Å². The van der Waals surface area contributed by atoms with Crippen LogP contribution in [0.5, 0.6) is 5.75 Å². The number of fused-ring (bicyclic) bond motifs is 5. The van der Waals surface area contributed by atoms with E-state index in [1.165, 1.54) is 34.4 Å². The summed E-state index contributed by atoms with van der Waals surface area (Å²) >= 11 is 0. The Hall–Kier alpha value is -3.74. The van der Waals surface area contributed by atoms with Crippen LogP contribution in [-0.4, -0.2) is 36.0 Å². The van der Waals surface area contributed by atoms with Gasteiger partial charge in [0.05, 0.1) is 6.04 Å². The van der Waals surface area contributed by atoms with Crippen molar-refractivity contribution in [3.05, 3.63) is 101 Å². The predicted molar refractivity (Wildman–Crippen MR) is 138 cm³/mol. The average Bonchev–Trinajstić information content (AvgIpc) is 3.21. The third-order valence-electron chi connectivity index (χ3n) is 7.88. The van der Waals surface area contributed by atoms with Gasteiger partial charge in [0, 0.05) is 12.0 Å². The molecule has 2 unspecified atom stereocenters. The van der Waals surface area contributed by atoms with Crippen LogP contribution in [0.4, 0.5) is 18.0 Å². The molecule has 3 aliphatic rings. The molecule has 7 heteroatoms. The molecule has 3 aromatic rings. The van der Waals surface area contributed by atoms with Crippen molar-refractivity contribution < 1.29 is 27.4 Å². The van der Waals surface area contributed by atoms with E-state index in [4.69, 9.17) is 4.74 Å². The zero-order valence-electron chi connectivity index (χ0n) is 20.8. The van der Waals surface area contributed by atoms with Gasteiger partial charge in [-0.2, -0.15) is 0 Å². The Morgan fingerprint density at radius 2 is 1.55 bits per heavy atom. The van der Waals surface area contributed by atoms with E-state index in [0.717, 1.165) is 24.8 Å². The van der Waals surface area contributed by atoms with Crippen LogP contribution in [-0.2, 0) is 11.2 Å². The number of nitrogens with zero attached hydrogens (tertiary/aromatic N) is 1. The fourth-order valence-electron chi connectivity index (χ4n) is 6.32. The molecule has 1 saturated heterocycles. The van der Waals surface area contributed by atoms with Gasteiger partial charge in [-0.25, -0.2) is 4.79 Å². The minimum absolute atomic E-state index is 0.00721. The number of alkyl halides is 3. The number of carbonyl (C=O) groups excluding carboxylic acids is 1. The first-order chi connectivity index (χ1) is 18.4. The van der Waals surface area contributed by atoms with Crippen LogP contribution in [0.3, 0.4) is 0 Å². The Bertz CT molecular complexity index is 1340. The quantitative estimate of drug-likeness (QED) is 0.325. The smallest absolute Gasteiger partial charge is 0.448 e. The zero-order chi connectivity index (χ0) is 26.3. The van der Waals surface area contributed by atoms with E-state index in [1.807, 2.05) is 35.2 Å². The number of benzene rings is 3. The SMILES string of the molecule is O=C(OCC1c2ccccc2-c2ccccc21)N1C2C=C(Cc3ccccc3OC(F)(F)F)CC1CCC2. The van der Waals surface area contributed by atoms with Crippen molar-refractivity contribution in [2.75, 3.05) is 6.61 Å². The molecule has 196 valence electrons. The number of hydrogen-bond acceptors (Lipinski definition) is 3. The summed E-state index contributed by atoms with van der Waals surface area (Å²) in [4.78, 5) is 15.2. The minimum atomic E-state index is -4.74. The maximum atomic E-state index is 13.4. The Labute approximate surface area is 219 Å². The van der Waals surface area contributed by atoms with Crippen molar-refractivity contribution in [1.29, 1.82) is 0 Å². The van der Waals surface area contributed by atoms with Crippen LogP contribution in [0.2, 0.25) is 0 Å². The van der Waals surface area contributed by atoms with Crippen molar-refractivity contribution in [2.45, 2.75) is 56.5 Å². The standard InChI is InChI=1S/C31H28F3NO3/c32-31(33,34)38-29-15-6-1-8-21(29)16-20-17-22-9-7-10-23(18-20)35(22)30(36)37-19-28-26-13-4-2-11-24(26)25-12-3-5-14-27(25)28/h1-6,8,11-15,17,22-23,28H,7,9-10,16,18-19H2. The molecule has 3 aromatic carbocycles. The molecular weight excluding hydrogens is 491 g/mol. The highest BCUT2D eigenvalue weighted by Gasteiger charge is 2.39. The Kier molecular flexibility index (Phi) is 6.38.